The van der Waals surface area contributed by atoms with Gasteiger partial charge in [-0.1, -0.05) is 6.42 Å². The Bertz CT molecular complexity index is 449. The first-order chi connectivity index (χ1) is 9.65. The summed E-state index contributed by atoms with van der Waals surface area (Å²) in [5, 5.41) is 8.31. The molecule has 0 bridgehead atoms. The number of rotatable bonds is 4. The van der Waals surface area contributed by atoms with E-state index >= 15 is 0 Å². The normalized spacial score (nSPS) is 28.6. The average molecular weight is 276 g/mol. The maximum atomic E-state index is 4.56. The topological polar surface area (TPSA) is 33.1 Å². The lowest BCUT2D eigenvalue weighted by Crippen LogP contribution is -2.35. The van der Waals surface area contributed by atoms with E-state index in [0.717, 1.165) is 12.6 Å². The van der Waals surface area contributed by atoms with E-state index in [1.54, 1.807) is 0 Å². The maximum absolute atomic E-state index is 4.56. The van der Waals surface area contributed by atoms with Crippen molar-refractivity contribution in [1.82, 2.24) is 20.0 Å². The number of aryl methyl sites for hydroxylation is 2. The lowest BCUT2D eigenvalue weighted by Gasteiger charge is -2.32. The molecule has 0 amide bonds. The zero-order chi connectivity index (χ0) is 14.1. The quantitative estimate of drug-likeness (QED) is 0.915. The van der Waals surface area contributed by atoms with Gasteiger partial charge in [0.1, 0.15) is 0 Å². The molecule has 1 aliphatic heterocycles. The summed E-state index contributed by atoms with van der Waals surface area (Å²) >= 11 is 0. The zero-order valence-corrected chi connectivity index (χ0v) is 13.1. The van der Waals surface area contributed by atoms with Crippen molar-refractivity contribution < 1.29 is 0 Å². The minimum Gasteiger partial charge on any atom is -0.314 e. The van der Waals surface area contributed by atoms with E-state index in [1.165, 1.54) is 49.9 Å². The number of nitrogens with zero attached hydrogens (tertiary/aromatic N) is 3. The molecular weight excluding hydrogens is 248 g/mol. The summed E-state index contributed by atoms with van der Waals surface area (Å²) in [5.41, 5.74) is 2.63. The Labute approximate surface area is 122 Å². The highest BCUT2D eigenvalue weighted by Crippen LogP contribution is 2.35. The highest BCUT2D eigenvalue weighted by Gasteiger charge is 2.32. The molecule has 1 aromatic rings. The summed E-state index contributed by atoms with van der Waals surface area (Å²) in [5.74, 6) is 0.714. The van der Waals surface area contributed by atoms with Crippen LogP contribution in [-0.4, -0.2) is 40.9 Å². The molecule has 4 heteroatoms. The third kappa shape index (κ3) is 3.07. The van der Waals surface area contributed by atoms with Crippen LogP contribution in [0.25, 0.3) is 0 Å². The van der Waals surface area contributed by atoms with Crippen LogP contribution in [0.1, 0.15) is 49.4 Å². The van der Waals surface area contributed by atoms with Gasteiger partial charge in [-0.2, -0.15) is 5.10 Å². The van der Waals surface area contributed by atoms with Crippen molar-refractivity contribution in [3.63, 3.8) is 0 Å². The number of nitrogens with one attached hydrogen (secondary N) is 1. The molecule has 2 aliphatic rings. The Morgan fingerprint density at radius 1 is 1.25 bits per heavy atom. The van der Waals surface area contributed by atoms with Gasteiger partial charge in [0.05, 0.1) is 5.69 Å². The fourth-order valence-corrected chi connectivity index (χ4v) is 3.64. The van der Waals surface area contributed by atoms with Crippen LogP contribution in [0.5, 0.6) is 0 Å². The van der Waals surface area contributed by atoms with Gasteiger partial charge in [0, 0.05) is 37.4 Å². The first kappa shape index (κ1) is 14.1. The third-order valence-corrected chi connectivity index (χ3v) is 4.87. The molecule has 2 heterocycles. The van der Waals surface area contributed by atoms with E-state index in [0.29, 0.717) is 12.0 Å². The van der Waals surface area contributed by atoms with Gasteiger partial charge in [0.15, 0.2) is 0 Å². The van der Waals surface area contributed by atoms with Crippen molar-refractivity contribution in [2.45, 2.75) is 51.1 Å². The number of hydrogen-bond acceptors (Lipinski definition) is 3. The van der Waals surface area contributed by atoms with Crippen LogP contribution in [0.4, 0.5) is 0 Å². The van der Waals surface area contributed by atoms with Gasteiger partial charge in [0.2, 0.25) is 0 Å². The predicted molar refractivity (Wildman–Crippen MR) is 81.7 cm³/mol. The summed E-state index contributed by atoms with van der Waals surface area (Å²) in [6.45, 7) is 4.52. The summed E-state index contributed by atoms with van der Waals surface area (Å²) in [6.07, 6.45) is 9.00. The predicted octanol–water partition coefficient (Wildman–Crippen LogP) is 2.25. The van der Waals surface area contributed by atoms with Gasteiger partial charge in [-0.05, 0) is 52.1 Å². The van der Waals surface area contributed by atoms with Crippen LogP contribution >= 0.6 is 0 Å². The molecule has 1 saturated carbocycles. The molecule has 2 fully saturated rings. The smallest absolute Gasteiger partial charge is 0.0641 e. The minimum atomic E-state index is 0.525. The molecule has 2 unspecified atom stereocenters. The molecule has 1 saturated heterocycles. The Morgan fingerprint density at radius 2 is 2.05 bits per heavy atom. The van der Waals surface area contributed by atoms with Crippen molar-refractivity contribution in [3.8, 4) is 0 Å². The van der Waals surface area contributed by atoms with Crippen LogP contribution in [0.3, 0.4) is 0 Å². The molecule has 0 aromatic carbocycles. The monoisotopic (exact) mass is 276 g/mol. The maximum Gasteiger partial charge on any atom is 0.0641 e. The standard InChI is InChI=1S/C16H28N4/c1-12-15(11-20(3)18-12)16-13(10-17-14-7-8-14)6-4-5-9-19(16)2/h11,13-14,16-17H,4-10H2,1-3H3. The molecule has 3 rings (SSSR count). The molecule has 20 heavy (non-hydrogen) atoms. The van der Waals surface area contributed by atoms with Crippen LogP contribution in [0, 0.1) is 12.8 Å². The molecule has 4 nitrogen and oxygen atoms in total. The van der Waals surface area contributed by atoms with Gasteiger partial charge in [-0.3, -0.25) is 9.58 Å². The van der Waals surface area contributed by atoms with E-state index in [2.05, 4.69) is 35.5 Å². The van der Waals surface area contributed by atoms with Gasteiger partial charge in [-0.25, -0.2) is 0 Å². The number of hydrogen-bond donors (Lipinski definition) is 1. The molecule has 0 spiro atoms. The van der Waals surface area contributed by atoms with E-state index in [1.807, 2.05) is 11.7 Å². The first-order valence-corrected chi connectivity index (χ1v) is 8.09. The SMILES string of the molecule is Cc1nn(C)cc1C1C(CNC2CC2)CCCCN1C. The molecule has 2 atom stereocenters. The second-order valence-electron chi connectivity index (χ2n) is 6.71. The Morgan fingerprint density at radius 3 is 2.70 bits per heavy atom. The Hall–Kier alpha value is -0.870. The summed E-state index contributed by atoms with van der Waals surface area (Å²) in [4.78, 5) is 2.55. The number of likely N-dealkylation sites (tertiary alicyclic amines) is 1. The molecule has 1 N–H and O–H groups in total. The molecule has 112 valence electrons. The molecule has 0 radical (unpaired) electrons. The van der Waals surface area contributed by atoms with Gasteiger partial charge in [-0.15, -0.1) is 0 Å². The van der Waals surface area contributed by atoms with E-state index < -0.39 is 0 Å². The second kappa shape index (κ2) is 5.86. The van der Waals surface area contributed by atoms with Gasteiger partial charge in [0.25, 0.3) is 0 Å². The third-order valence-electron chi connectivity index (χ3n) is 4.87. The van der Waals surface area contributed by atoms with Gasteiger partial charge < -0.3 is 5.32 Å². The largest absolute Gasteiger partial charge is 0.314 e. The summed E-state index contributed by atoms with van der Waals surface area (Å²) < 4.78 is 1.97. The Balaban J connectivity index is 1.81. The van der Waals surface area contributed by atoms with Crippen LogP contribution in [0.15, 0.2) is 6.20 Å². The van der Waals surface area contributed by atoms with E-state index in [9.17, 15) is 0 Å². The molecular formula is C16H28N4. The highest BCUT2D eigenvalue weighted by atomic mass is 15.3. The van der Waals surface area contributed by atoms with Crippen molar-refractivity contribution >= 4 is 0 Å². The highest BCUT2D eigenvalue weighted by molar-refractivity contribution is 5.21. The zero-order valence-electron chi connectivity index (χ0n) is 13.1. The molecule has 1 aliphatic carbocycles. The van der Waals surface area contributed by atoms with E-state index in [4.69, 9.17) is 0 Å². The lowest BCUT2D eigenvalue weighted by molar-refractivity contribution is 0.188. The summed E-state index contributed by atoms with van der Waals surface area (Å²) in [7, 11) is 4.32. The molecule has 1 aromatic heterocycles. The van der Waals surface area contributed by atoms with Gasteiger partial charge >= 0.3 is 0 Å². The van der Waals surface area contributed by atoms with Crippen LogP contribution in [-0.2, 0) is 7.05 Å². The Kier molecular flexibility index (Phi) is 4.13. The fraction of sp³-hybridized carbons (Fsp3) is 0.812. The fourth-order valence-electron chi connectivity index (χ4n) is 3.64. The second-order valence-corrected chi connectivity index (χ2v) is 6.71. The van der Waals surface area contributed by atoms with Crippen molar-refractivity contribution in [2.75, 3.05) is 20.1 Å². The van der Waals surface area contributed by atoms with Crippen LogP contribution in [0.2, 0.25) is 0 Å². The number of aromatic nitrogens is 2. The summed E-state index contributed by atoms with van der Waals surface area (Å²) in [6, 6.07) is 1.33. The van der Waals surface area contributed by atoms with Crippen molar-refractivity contribution in [1.29, 1.82) is 0 Å². The van der Waals surface area contributed by atoms with E-state index in [-0.39, 0.29) is 0 Å². The van der Waals surface area contributed by atoms with Crippen molar-refractivity contribution in [3.05, 3.63) is 17.5 Å². The van der Waals surface area contributed by atoms with Crippen LogP contribution < -0.4 is 5.32 Å². The minimum absolute atomic E-state index is 0.525. The first-order valence-electron chi connectivity index (χ1n) is 8.09. The van der Waals surface area contributed by atoms with Crippen molar-refractivity contribution in [2.24, 2.45) is 13.0 Å². The lowest BCUT2D eigenvalue weighted by atomic mass is 9.89. The average Bonchev–Trinajstić information content (AvgIpc) is 3.18.